The fourth-order valence-electron chi connectivity index (χ4n) is 2.01. The molecule has 16 heavy (non-hydrogen) atoms. The van der Waals surface area contributed by atoms with Crippen molar-refractivity contribution in [2.45, 2.75) is 26.2 Å². The van der Waals surface area contributed by atoms with Crippen LogP contribution in [0, 0.1) is 5.92 Å². The van der Waals surface area contributed by atoms with Crippen molar-refractivity contribution in [3.8, 4) is 0 Å². The third-order valence-corrected chi connectivity index (χ3v) is 3.23. The average molecular weight is 239 g/mol. The fourth-order valence-corrected chi connectivity index (χ4v) is 2.19. The van der Waals surface area contributed by atoms with Crippen LogP contribution in [-0.4, -0.2) is 13.1 Å². The zero-order valence-electron chi connectivity index (χ0n) is 9.75. The van der Waals surface area contributed by atoms with Gasteiger partial charge in [-0.2, -0.15) is 0 Å². The second-order valence-electron chi connectivity index (χ2n) is 4.59. The lowest BCUT2D eigenvalue weighted by Crippen LogP contribution is -2.27. The fraction of sp³-hybridized carbons (Fsp3) is 0.538. The van der Waals surface area contributed by atoms with Gasteiger partial charge in [-0.25, -0.2) is 0 Å². The van der Waals surface area contributed by atoms with E-state index in [9.17, 15) is 0 Å². The van der Waals surface area contributed by atoms with Crippen LogP contribution in [0.3, 0.4) is 0 Å². The second kappa shape index (κ2) is 4.96. The van der Waals surface area contributed by atoms with Gasteiger partial charge in [0.25, 0.3) is 0 Å². The van der Waals surface area contributed by atoms with Gasteiger partial charge in [0.05, 0.1) is 11.4 Å². The maximum Gasteiger partial charge on any atom is 0.0601 e. The summed E-state index contributed by atoms with van der Waals surface area (Å²) in [6.45, 7) is 4.41. The summed E-state index contributed by atoms with van der Waals surface area (Å²) < 4.78 is 0. The van der Waals surface area contributed by atoms with E-state index in [1.54, 1.807) is 0 Å². The maximum atomic E-state index is 6.02. The van der Waals surface area contributed by atoms with Crippen molar-refractivity contribution in [3.63, 3.8) is 0 Å². The van der Waals surface area contributed by atoms with Gasteiger partial charge in [-0.3, -0.25) is 0 Å². The molecule has 0 aromatic heterocycles. The highest BCUT2D eigenvalue weighted by Gasteiger charge is 2.24. The van der Waals surface area contributed by atoms with Gasteiger partial charge in [-0.1, -0.05) is 18.5 Å². The third-order valence-electron chi connectivity index (χ3n) is 3.00. The number of rotatable bonds is 5. The molecular weight excluding hydrogens is 220 g/mol. The van der Waals surface area contributed by atoms with Crippen LogP contribution in [0.2, 0.25) is 5.02 Å². The highest BCUT2D eigenvalue weighted by molar-refractivity contribution is 6.31. The molecule has 88 valence electrons. The lowest BCUT2D eigenvalue weighted by molar-refractivity contribution is 0.709. The summed E-state index contributed by atoms with van der Waals surface area (Å²) in [5.74, 6) is 0.877. The van der Waals surface area contributed by atoms with E-state index in [1.807, 2.05) is 18.2 Å². The Hall–Kier alpha value is -0.890. The molecule has 2 nitrogen and oxygen atoms in total. The number of nitrogen functional groups attached to an aromatic ring is 1. The van der Waals surface area contributed by atoms with Gasteiger partial charge in [0.15, 0.2) is 0 Å². The summed E-state index contributed by atoms with van der Waals surface area (Å²) in [7, 11) is 0. The summed E-state index contributed by atoms with van der Waals surface area (Å²) in [5, 5.41) is 0.712. The standard InChI is InChI=1S/C13H19ClN2/c1-2-7-16(9-10-3-4-10)13-6-5-11(14)8-12(13)15/h5-6,8,10H,2-4,7,9,15H2,1H3. The molecule has 3 heteroatoms. The van der Waals surface area contributed by atoms with Crippen LogP contribution in [0.4, 0.5) is 11.4 Å². The Morgan fingerprint density at radius 2 is 2.19 bits per heavy atom. The lowest BCUT2D eigenvalue weighted by Gasteiger charge is -2.25. The first-order valence-electron chi connectivity index (χ1n) is 6.00. The second-order valence-corrected chi connectivity index (χ2v) is 5.03. The Morgan fingerprint density at radius 1 is 1.44 bits per heavy atom. The van der Waals surface area contributed by atoms with E-state index in [0.29, 0.717) is 5.02 Å². The van der Waals surface area contributed by atoms with E-state index < -0.39 is 0 Å². The number of nitrogens with two attached hydrogens (primary N) is 1. The summed E-state index contributed by atoms with van der Waals surface area (Å²) in [6, 6.07) is 5.80. The normalized spacial score (nSPS) is 15.1. The van der Waals surface area contributed by atoms with Crippen molar-refractivity contribution in [1.29, 1.82) is 0 Å². The smallest absolute Gasteiger partial charge is 0.0601 e. The van der Waals surface area contributed by atoms with Crippen molar-refractivity contribution in [2.24, 2.45) is 5.92 Å². The number of nitrogens with zero attached hydrogens (tertiary/aromatic N) is 1. The molecule has 0 atom stereocenters. The van der Waals surface area contributed by atoms with Gasteiger partial charge in [0, 0.05) is 18.1 Å². The van der Waals surface area contributed by atoms with E-state index in [-0.39, 0.29) is 0 Å². The zero-order chi connectivity index (χ0) is 11.5. The summed E-state index contributed by atoms with van der Waals surface area (Å²) in [5.41, 5.74) is 7.95. The number of anilines is 2. The SMILES string of the molecule is CCCN(CC1CC1)c1ccc(Cl)cc1N. The van der Waals surface area contributed by atoms with Gasteiger partial charge in [-0.05, 0) is 43.4 Å². The molecule has 1 saturated carbocycles. The Labute approximate surface area is 102 Å². The summed E-state index contributed by atoms with van der Waals surface area (Å²) in [4.78, 5) is 2.39. The van der Waals surface area contributed by atoms with Gasteiger partial charge >= 0.3 is 0 Å². The van der Waals surface area contributed by atoms with Crippen LogP contribution in [0.1, 0.15) is 26.2 Å². The molecule has 0 radical (unpaired) electrons. The molecule has 2 rings (SSSR count). The molecule has 1 aromatic carbocycles. The molecule has 2 N–H and O–H groups in total. The highest BCUT2D eigenvalue weighted by atomic mass is 35.5. The van der Waals surface area contributed by atoms with Crippen LogP contribution < -0.4 is 10.6 Å². The highest BCUT2D eigenvalue weighted by Crippen LogP contribution is 2.34. The molecule has 0 heterocycles. The molecule has 0 amide bonds. The molecular formula is C13H19ClN2. The quantitative estimate of drug-likeness (QED) is 0.795. The van der Waals surface area contributed by atoms with Crippen molar-refractivity contribution in [2.75, 3.05) is 23.7 Å². The van der Waals surface area contributed by atoms with Gasteiger partial charge in [0.2, 0.25) is 0 Å². The van der Waals surface area contributed by atoms with E-state index >= 15 is 0 Å². The topological polar surface area (TPSA) is 29.3 Å². The molecule has 0 aliphatic heterocycles. The largest absolute Gasteiger partial charge is 0.397 e. The minimum atomic E-state index is 0.712. The Bertz CT molecular complexity index is 361. The molecule has 0 spiro atoms. The van der Waals surface area contributed by atoms with Crippen LogP contribution in [0.5, 0.6) is 0 Å². The van der Waals surface area contributed by atoms with Crippen molar-refractivity contribution >= 4 is 23.0 Å². The first kappa shape index (κ1) is 11.6. The first-order valence-corrected chi connectivity index (χ1v) is 6.38. The Kier molecular flexibility index (Phi) is 3.59. The van der Waals surface area contributed by atoms with Crippen molar-refractivity contribution < 1.29 is 0 Å². The number of benzene rings is 1. The monoisotopic (exact) mass is 238 g/mol. The molecule has 1 fully saturated rings. The predicted octanol–water partition coefficient (Wildman–Crippen LogP) is 3.55. The van der Waals surface area contributed by atoms with Crippen LogP contribution >= 0.6 is 11.6 Å². The van der Waals surface area contributed by atoms with Gasteiger partial charge in [0.1, 0.15) is 0 Å². The van der Waals surface area contributed by atoms with Crippen molar-refractivity contribution in [3.05, 3.63) is 23.2 Å². The Morgan fingerprint density at radius 3 is 2.75 bits per heavy atom. The minimum Gasteiger partial charge on any atom is -0.397 e. The third kappa shape index (κ3) is 2.82. The maximum absolute atomic E-state index is 6.02. The van der Waals surface area contributed by atoms with E-state index in [2.05, 4.69) is 11.8 Å². The lowest BCUT2D eigenvalue weighted by atomic mass is 10.2. The summed E-state index contributed by atoms with van der Waals surface area (Å²) in [6.07, 6.45) is 3.89. The van der Waals surface area contributed by atoms with Crippen LogP contribution in [0.25, 0.3) is 0 Å². The molecule has 0 bridgehead atoms. The van der Waals surface area contributed by atoms with E-state index in [0.717, 1.165) is 36.8 Å². The van der Waals surface area contributed by atoms with Crippen LogP contribution in [0.15, 0.2) is 18.2 Å². The molecule has 1 aliphatic carbocycles. The van der Waals surface area contributed by atoms with E-state index in [4.69, 9.17) is 17.3 Å². The van der Waals surface area contributed by atoms with E-state index in [1.165, 1.54) is 12.8 Å². The molecule has 1 aromatic rings. The summed E-state index contributed by atoms with van der Waals surface area (Å²) >= 11 is 5.92. The molecule has 0 unspecified atom stereocenters. The number of hydrogen-bond acceptors (Lipinski definition) is 2. The molecule has 0 saturated heterocycles. The number of hydrogen-bond donors (Lipinski definition) is 1. The predicted molar refractivity (Wildman–Crippen MR) is 71.1 cm³/mol. The number of halogens is 1. The molecule has 1 aliphatic rings. The van der Waals surface area contributed by atoms with Crippen LogP contribution in [-0.2, 0) is 0 Å². The van der Waals surface area contributed by atoms with Gasteiger partial charge in [-0.15, -0.1) is 0 Å². The van der Waals surface area contributed by atoms with Gasteiger partial charge < -0.3 is 10.6 Å². The average Bonchev–Trinajstić information content (AvgIpc) is 3.01. The minimum absolute atomic E-state index is 0.712. The Balaban J connectivity index is 2.15. The zero-order valence-corrected chi connectivity index (χ0v) is 10.5. The first-order chi connectivity index (χ1) is 7.70. The van der Waals surface area contributed by atoms with Crippen molar-refractivity contribution in [1.82, 2.24) is 0 Å².